The number of anilines is 1. The normalized spacial score (nSPS) is 11.1. The van der Waals surface area contributed by atoms with Crippen LogP contribution in [-0.4, -0.2) is 29.7 Å². The summed E-state index contributed by atoms with van der Waals surface area (Å²) in [4.78, 5) is 12.5. The van der Waals surface area contributed by atoms with Gasteiger partial charge in [-0.3, -0.25) is 10.1 Å². The van der Waals surface area contributed by atoms with Gasteiger partial charge in [-0.15, -0.1) is 5.10 Å². The summed E-state index contributed by atoms with van der Waals surface area (Å²) in [5.74, 6) is 1.45. The lowest BCUT2D eigenvalue weighted by molar-refractivity contribution is 0.935. The van der Waals surface area contributed by atoms with Gasteiger partial charge < -0.3 is 10.3 Å². The molecule has 0 radical (unpaired) electrons. The quantitative estimate of drug-likeness (QED) is 0.609. The number of fused-ring (bicyclic) bond motifs is 1. The number of imidazole rings is 1. The van der Waals surface area contributed by atoms with Gasteiger partial charge in [-0.2, -0.15) is 4.98 Å². The van der Waals surface area contributed by atoms with Gasteiger partial charge in [-0.1, -0.05) is 0 Å². The Balaban J connectivity index is 2.28. The van der Waals surface area contributed by atoms with Gasteiger partial charge in [0.25, 0.3) is 0 Å². The zero-order valence-electron chi connectivity index (χ0n) is 8.55. The molecule has 0 spiro atoms. The van der Waals surface area contributed by atoms with Gasteiger partial charge in [0.05, 0.1) is 17.2 Å². The third-order valence-electron chi connectivity index (χ3n) is 2.40. The van der Waals surface area contributed by atoms with Gasteiger partial charge in [0, 0.05) is 13.2 Å². The van der Waals surface area contributed by atoms with Gasteiger partial charge >= 0.3 is 0 Å². The standard InChI is InChI=1S/C9H9N7/c1-16-6-4-11-3-2-5(6)12-8(16)7-13-9(10)15-14-7/h2-4H,1H3,(H3,10,13,14,15). The second-order valence-corrected chi connectivity index (χ2v) is 3.40. The fourth-order valence-electron chi connectivity index (χ4n) is 1.62. The molecular formula is C9H9N7. The number of aromatic amines is 1. The number of hydrogen-bond donors (Lipinski definition) is 2. The topological polar surface area (TPSA) is 98.3 Å². The van der Waals surface area contributed by atoms with E-state index in [0.29, 0.717) is 11.6 Å². The molecule has 0 aromatic carbocycles. The van der Waals surface area contributed by atoms with Crippen LogP contribution in [0.1, 0.15) is 0 Å². The first kappa shape index (κ1) is 8.84. The van der Waals surface area contributed by atoms with E-state index in [1.807, 2.05) is 17.7 Å². The molecule has 0 fully saturated rings. The zero-order valence-corrected chi connectivity index (χ0v) is 8.55. The Kier molecular flexibility index (Phi) is 1.67. The Bertz CT molecular complexity index is 651. The van der Waals surface area contributed by atoms with Gasteiger partial charge in [0.1, 0.15) is 0 Å². The molecule has 0 saturated heterocycles. The molecule has 3 aromatic rings. The van der Waals surface area contributed by atoms with Gasteiger partial charge in [-0.25, -0.2) is 4.98 Å². The highest BCUT2D eigenvalue weighted by Gasteiger charge is 2.12. The van der Waals surface area contributed by atoms with Crippen molar-refractivity contribution in [2.75, 3.05) is 5.73 Å². The second-order valence-electron chi connectivity index (χ2n) is 3.40. The highest BCUT2D eigenvalue weighted by Crippen LogP contribution is 2.19. The van der Waals surface area contributed by atoms with Crippen LogP contribution in [0.4, 0.5) is 5.95 Å². The lowest BCUT2D eigenvalue weighted by Crippen LogP contribution is -1.94. The van der Waals surface area contributed by atoms with Crippen LogP contribution in [0.25, 0.3) is 22.7 Å². The molecule has 3 heterocycles. The third-order valence-corrected chi connectivity index (χ3v) is 2.40. The van der Waals surface area contributed by atoms with Gasteiger partial charge in [0.15, 0.2) is 11.6 Å². The summed E-state index contributed by atoms with van der Waals surface area (Å²) in [7, 11) is 1.89. The number of nitrogens with zero attached hydrogens (tertiary/aromatic N) is 5. The van der Waals surface area contributed by atoms with Crippen molar-refractivity contribution in [1.29, 1.82) is 0 Å². The number of aromatic nitrogens is 6. The van der Waals surface area contributed by atoms with Crippen molar-refractivity contribution in [3.05, 3.63) is 18.5 Å². The molecule has 0 amide bonds. The fourth-order valence-corrected chi connectivity index (χ4v) is 1.62. The monoisotopic (exact) mass is 215 g/mol. The summed E-state index contributed by atoms with van der Waals surface area (Å²) in [5.41, 5.74) is 7.26. The molecule has 16 heavy (non-hydrogen) atoms. The highest BCUT2D eigenvalue weighted by atomic mass is 15.3. The number of H-pyrrole nitrogens is 1. The van der Waals surface area contributed by atoms with Crippen molar-refractivity contribution < 1.29 is 0 Å². The van der Waals surface area contributed by atoms with E-state index in [9.17, 15) is 0 Å². The van der Waals surface area contributed by atoms with Crippen LogP contribution < -0.4 is 5.73 Å². The van der Waals surface area contributed by atoms with Crippen molar-refractivity contribution in [1.82, 2.24) is 29.7 Å². The Morgan fingerprint density at radius 1 is 1.38 bits per heavy atom. The molecule has 3 rings (SSSR count). The molecule has 0 aliphatic heterocycles. The number of aryl methyl sites for hydroxylation is 1. The molecule has 0 aliphatic carbocycles. The first-order valence-electron chi connectivity index (χ1n) is 4.70. The number of nitrogens with one attached hydrogen (secondary N) is 1. The van der Waals surface area contributed by atoms with E-state index in [1.54, 1.807) is 12.4 Å². The Morgan fingerprint density at radius 3 is 2.94 bits per heavy atom. The van der Waals surface area contributed by atoms with Gasteiger partial charge in [0.2, 0.25) is 5.95 Å². The molecule has 0 aliphatic rings. The average molecular weight is 215 g/mol. The van der Waals surface area contributed by atoms with Crippen LogP contribution in [0.5, 0.6) is 0 Å². The molecule has 0 bridgehead atoms. The van der Waals surface area contributed by atoms with Crippen molar-refractivity contribution >= 4 is 17.0 Å². The van der Waals surface area contributed by atoms with Crippen molar-refractivity contribution in [3.8, 4) is 11.6 Å². The minimum atomic E-state index is 0.209. The SMILES string of the molecule is Cn1c(-c2nc(N)n[nH]2)nc2ccncc21. The molecule has 0 saturated carbocycles. The summed E-state index contributed by atoms with van der Waals surface area (Å²) < 4.78 is 1.89. The highest BCUT2D eigenvalue weighted by molar-refractivity contribution is 5.78. The Morgan fingerprint density at radius 2 is 2.25 bits per heavy atom. The van der Waals surface area contributed by atoms with Crippen molar-refractivity contribution in [2.45, 2.75) is 0 Å². The average Bonchev–Trinajstić information content (AvgIpc) is 2.84. The second kappa shape index (κ2) is 3.02. The first-order valence-corrected chi connectivity index (χ1v) is 4.70. The summed E-state index contributed by atoms with van der Waals surface area (Å²) >= 11 is 0. The Labute approximate surface area is 90.4 Å². The smallest absolute Gasteiger partial charge is 0.239 e. The number of pyridine rings is 1. The summed E-state index contributed by atoms with van der Waals surface area (Å²) in [6.45, 7) is 0. The van der Waals surface area contributed by atoms with E-state index in [-0.39, 0.29) is 5.95 Å². The van der Waals surface area contributed by atoms with E-state index in [0.717, 1.165) is 11.0 Å². The molecule has 0 atom stereocenters. The maximum Gasteiger partial charge on any atom is 0.239 e. The number of rotatable bonds is 1. The van der Waals surface area contributed by atoms with Crippen molar-refractivity contribution in [2.24, 2.45) is 7.05 Å². The minimum absolute atomic E-state index is 0.209. The van der Waals surface area contributed by atoms with Crippen LogP contribution in [0.3, 0.4) is 0 Å². The molecule has 80 valence electrons. The zero-order chi connectivity index (χ0) is 11.1. The molecule has 7 heteroatoms. The maximum absolute atomic E-state index is 5.46. The molecule has 0 unspecified atom stereocenters. The lowest BCUT2D eigenvalue weighted by Gasteiger charge is -1.96. The van der Waals surface area contributed by atoms with E-state index in [2.05, 4.69) is 25.1 Å². The van der Waals surface area contributed by atoms with Crippen LogP contribution in [-0.2, 0) is 7.05 Å². The maximum atomic E-state index is 5.46. The third kappa shape index (κ3) is 1.14. The molecule has 3 aromatic heterocycles. The van der Waals surface area contributed by atoms with Crippen LogP contribution in [0.2, 0.25) is 0 Å². The number of nitrogen functional groups attached to an aromatic ring is 1. The van der Waals surface area contributed by atoms with E-state index in [4.69, 9.17) is 5.73 Å². The lowest BCUT2D eigenvalue weighted by atomic mass is 10.4. The van der Waals surface area contributed by atoms with Crippen LogP contribution in [0, 0.1) is 0 Å². The molecule has 7 nitrogen and oxygen atoms in total. The number of nitrogens with two attached hydrogens (primary N) is 1. The summed E-state index contributed by atoms with van der Waals surface area (Å²) in [6.07, 6.45) is 3.46. The fraction of sp³-hybridized carbons (Fsp3) is 0.111. The van der Waals surface area contributed by atoms with E-state index in [1.165, 1.54) is 0 Å². The largest absolute Gasteiger partial charge is 0.366 e. The van der Waals surface area contributed by atoms with E-state index < -0.39 is 0 Å². The molecular weight excluding hydrogens is 206 g/mol. The predicted octanol–water partition coefficient (Wildman–Crippen LogP) is 0.336. The van der Waals surface area contributed by atoms with Crippen LogP contribution in [0.15, 0.2) is 18.5 Å². The Hall–Kier alpha value is -2.44. The van der Waals surface area contributed by atoms with Crippen molar-refractivity contribution in [3.63, 3.8) is 0 Å². The summed E-state index contributed by atoms with van der Waals surface area (Å²) in [6, 6.07) is 1.85. The minimum Gasteiger partial charge on any atom is -0.366 e. The van der Waals surface area contributed by atoms with Crippen LogP contribution >= 0.6 is 0 Å². The first-order chi connectivity index (χ1) is 7.75. The van der Waals surface area contributed by atoms with Gasteiger partial charge in [-0.05, 0) is 6.07 Å². The predicted molar refractivity (Wildman–Crippen MR) is 58.3 cm³/mol. The number of hydrogen-bond acceptors (Lipinski definition) is 5. The molecule has 3 N–H and O–H groups in total. The van der Waals surface area contributed by atoms with E-state index >= 15 is 0 Å². The summed E-state index contributed by atoms with van der Waals surface area (Å²) in [5, 5.41) is 6.51.